The van der Waals surface area contributed by atoms with Gasteiger partial charge in [-0.25, -0.2) is 0 Å². The van der Waals surface area contributed by atoms with Crippen LogP contribution in [0.25, 0.3) is 5.57 Å². The molecule has 0 aromatic heterocycles. The Bertz CT molecular complexity index is 845. The van der Waals surface area contributed by atoms with Crippen molar-refractivity contribution in [2.75, 3.05) is 0 Å². The number of hydrogen-bond donors (Lipinski definition) is 0. The highest BCUT2D eigenvalue weighted by Crippen LogP contribution is 2.35. The van der Waals surface area contributed by atoms with Gasteiger partial charge in [-0.1, -0.05) is 96.7 Å². The maximum Gasteiger partial charge on any atom is 0.388 e. The van der Waals surface area contributed by atoms with Gasteiger partial charge < -0.3 is 4.65 Å². The van der Waals surface area contributed by atoms with Crippen LogP contribution in [0.3, 0.4) is 0 Å². The van der Waals surface area contributed by atoms with Crippen molar-refractivity contribution in [3.8, 4) is 5.75 Å². The molecule has 0 atom stereocenters. The summed E-state index contributed by atoms with van der Waals surface area (Å²) in [4.78, 5) is 0. The lowest BCUT2D eigenvalue weighted by atomic mass is 9.63. The van der Waals surface area contributed by atoms with Crippen molar-refractivity contribution in [1.82, 2.24) is 0 Å². The quantitative estimate of drug-likeness (QED) is 0.414. The van der Waals surface area contributed by atoms with Gasteiger partial charge in [0.15, 0.2) is 0 Å². The minimum absolute atomic E-state index is 0.0183. The van der Waals surface area contributed by atoms with Gasteiger partial charge in [0.05, 0.1) is 0 Å². The van der Waals surface area contributed by atoms with E-state index in [2.05, 4.69) is 97.4 Å². The predicted octanol–water partition coefficient (Wildman–Crippen LogP) is 6.78. The van der Waals surface area contributed by atoms with Crippen LogP contribution in [0.2, 0.25) is 6.82 Å². The fraction of sp³-hybridized carbons (Fsp3) is 0.385. The van der Waals surface area contributed by atoms with Gasteiger partial charge >= 0.3 is 6.92 Å². The van der Waals surface area contributed by atoms with Crippen molar-refractivity contribution >= 4 is 18.0 Å². The lowest BCUT2D eigenvalue weighted by molar-refractivity contribution is 0.516. The SMILES string of the molecule is C=C(/C=C\C)c1ccc(B(C)Oc2ccc(C(C)(C)C)cc2C(C)(C)C)cc1. The van der Waals surface area contributed by atoms with Gasteiger partial charge in [-0.05, 0) is 58.4 Å². The highest BCUT2D eigenvalue weighted by molar-refractivity contribution is 6.66. The van der Waals surface area contributed by atoms with E-state index >= 15 is 0 Å². The van der Waals surface area contributed by atoms with Crippen LogP contribution in [0.4, 0.5) is 0 Å². The third-order valence-corrected chi connectivity index (χ3v) is 5.08. The molecular formula is C26H35BO. The number of hydrogen-bond acceptors (Lipinski definition) is 1. The number of allylic oxidation sites excluding steroid dienone is 3. The molecule has 0 fully saturated rings. The van der Waals surface area contributed by atoms with E-state index < -0.39 is 0 Å². The number of rotatable bonds is 5. The molecule has 0 aliphatic rings. The van der Waals surface area contributed by atoms with Crippen molar-refractivity contribution in [3.63, 3.8) is 0 Å². The predicted molar refractivity (Wildman–Crippen MR) is 126 cm³/mol. The average Bonchev–Trinajstić information content (AvgIpc) is 2.60. The van der Waals surface area contributed by atoms with E-state index in [1.165, 1.54) is 11.1 Å². The summed E-state index contributed by atoms with van der Waals surface area (Å²) in [7, 11) is 0. The second-order valence-corrected chi connectivity index (χ2v) is 9.62. The lowest BCUT2D eigenvalue weighted by Crippen LogP contribution is -2.34. The Labute approximate surface area is 172 Å². The van der Waals surface area contributed by atoms with Crippen LogP contribution in [0.1, 0.15) is 65.2 Å². The summed E-state index contributed by atoms with van der Waals surface area (Å²) >= 11 is 0. The van der Waals surface area contributed by atoms with Crippen LogP contribution in [0.5, 0.6) is 5.75 Å². The Hall–Kier alpha value is -2.22. The first-order chi connectivity index (χ1) is 12.9. The van der Waals surface area contributed by atoms with E-state index in [1.54, 1.807) is 0 Å². The largest absolute Gasteiger partial charge is 0.556 e. The first-order valence-electron chi connectivity index (χ1n) is 10.2. The summed E-state index contributed by atoms with van der Waals surface area (Å²) in [6.45, 7) is 21.7. The molecule has 2 aromatic rings. The standard InChI is InChI=1S/C26H35BO/c1-10-11-19(2)20-12-15-22(16-13-20)27(9)28-24-17-14-21(25(3,4)5)18-23(24)26(6,7)8/h10-18H,2H2,1,3-9H3/b11-10-. The second kappa shape index (κ2) is 8.43. The molecular weight excluding hydrogens is 339 g/mol. The van der Waals surface area contributed by atoms with Crippen molar-refractivity contribution in [2.45, 2.75) is 66.1 Å². The van der Waals surface area contributed by atoms with Crippen molar-refractivity contribution in [3.05, 3.63) is 77.9 Å². The molecule has 0 amide bonds. The fourth-order valence-corrected chi connectivity index (χ4v) is 3.21. The van der Waals surface area contributed by atoms with Gasteiger partial charge in [0.1, 0.15) is 5.75 Å². The van der Waals surface area contributed by atoms with Gasteiger partial charge in [0.2, 0.25) is 0 Å². The van der Waals surface area contributed by atoms with E-state index in [-0.39, 0.29) is 17.7 Å². The van der Waals surface area contributed by atoms with Crippen LogP contribution in [-0.2, 0) is 10.8 Å². The monoisotopic (exact) mass is 374 g/mol. The van der Waals surface area contributed by atoms with Crippen molar-refractivity contribution < 1.29 is 4.65 Å². The van der Waals surface area contributed by atoms with Crippen LogP contribution in [0.15, 0.2) is 61.2 Å². The molecule has 0 unspecified atom stereocenters. The Morgan fingerprint density at radius 3 is 2.04 bits per heavy atom. The molecule has 2 rings (SSSR count). The topological polar surface area (TPSA) is 9.23 Å². The zero-order chi connectivity index (χ0) is 21.1. The van der Waals surface area contributed by atoms with Gasteiger partial charge in [-0.15, -0.1) is 0 Å². The molecule has 0 heterocycles. The summed E-state index contributed by atoms with van der Waals surface area (Å²) in [6, 6.07) is 15.1. The van der Waals surface area contributed by atoms with E-state index in [9.17, 15) is 0 Å². The highest BCUT2D eigenvalue weighted by atomic mass is 16.4. The number of benzene rings is 2. The third-order valence-electron chi connectivity index (χ3n) is 5.08. The van der Waals surface area contributed by atoms with Crippen molar-refractivity contribution in [2.24, 2.45) is 0 Å². The van der Waals surface area contributed by atoms with Gasteiger partial charge in [-0.3, -0.25) is 0 Å². The first kappa shape index (κ1) is 22.1. The molecule has 148 valence electrons. The molecule has 0 saturated heterocycles. The van der Waals surface area contributed by atoms with Gasteiger partial charge in [0, 0.05) is 0 Å². The maximum absolute atomic E-state index is 6.44. The average molecular weight is 374 g/mol. The first-order valence-corrected chi connectivity index (χ1v) is 10.2. The summed E-state index contributed by atoms with van der Waals surface area (Å²) in [5.74, 6) is 0.968. The smallest absolute Gasteiger partial charge is 0.388 e. The van der Waals surface area contributed by atoms with Crippen molar-refractivity contribution in [1.29, 1.82) is 0 Å². The van der Waals surface area contributed by atoms with Crippen LogP contribution in [0, 0.1) is 0 Å². The van der Waals surface area contributed by atoms with Crippen LogP contribution < -0.4 is 10.1 Å². The minimum atomic E-state index is -0.0226. The molecule has 2 heteroatoms. The summed E-state index contributed by atoms with van der Waals surface area (Å²) < 4.78 is 6.44. The summed E-state index contributed by atoms with van der Waals surface area (Å²) in [6.07, 6.45) is 4.04. The molecule has 1 nitrogen and oxygen atoms in total. The van der Waals surface area contributed by atoms with Gasteiger partial charge in [0.25, 0.3) is 0 Å². The molecule has 2 aromatic carbocycles. The van der Waals surface area contributed by atoms with E-state index in [0.717, 1.165) is 22.3 Å². The summed E-state index contributed by atoms with van der Waals surface area (Å²) in [5, 5.41) is 0. The van der Waals surface area contributed by atoms with Gasteiger partial charge in [-0.2, -0.15) is 0 Å². The zero-order valence-electron chi connectivity index (χ0n) is 18.9. The maximum atomic E-state index is 6.44. The Balaban J connectivity index is 2.30. The highest BCUT2D eigenvalue weighted by Gasteiger charge is 2.25. The second-order valence-electron chi connectivity index (χ2n) is 9.62. The lowest BCUT2D eigenvalue weighted by Gasteiger charge is -2.28. The Kier molecular flexibility index (Phi) is 6.65. The third kappa shape index (κ3) is 5.41. The van der Waals surface area contributed by atoms with E-state index in [0.29, 0.717) is 0 Å². The van der Waals surface area contributed by atoms with Crippen LogP contribution >= 0.6 is 0 Å². The molecule has 0 aliphatic heterocycles. The molecule has 28 heavy (non-hydrogen) atoms. The molecule has 0 radical (unpaired) electrons. The Morgan fingerprint density at radius 2 is 1.54 bits per heavy atom. The van der Waals surface area contributed by atoms with Crippen LogP contribution in [-0.4, -0.2) is 6.92 Å². The molecule has 0 N–H and O–H groups in total. The normalized spacial score (nSPS) is 12.3. The molecule has 0 bridgehead atoms. The summed E-state index contributed by atoms with van der Waals surface area (Å²) in [5.41, 5.74) is 6.06. The molecule has 0 aliphatic carbocycles. The Morgan fingerprint density at radius 1 is 0.929 bits per heavy atom. The minimum Gasteiger partial charge on any atom is -0.556 e. The zero-order valence-corrected chi connectivity index (χ0v) is 18.9. The van der Waals surface area contributed by atoms with E-state index in [1.807, 2.05) is 19.1 Å². The van der Waals surface area contributed by atoms with E-state index in [4.69, 9.17) is 4.65 Å². The molecule has 0 spiro atoms. The molecule has 0 saturated carbocycles. The fourth-order valence-electron chi connectivity index (χ4n) is 3.21.